The van der Waals surface area contributed by atoms with Crippen LogP contribution in [0, 0.1) is 0 Å². The number of hydrogen-bond donors (Lipinski definition) is 0. The molecule has 0 aliphatic carbocycles. The first-order chi connectivity index (χ1) is 12.7. The monoisotopic (exact) mass is 385 g/mol. The van der Waals surface area contributed by atoms with Crippen molar-refractivity contribution in [3.63, 3.8) is 0 Å². The van der Waals surface area contributed by atoms with Crippen molar-refractivity contribution in [1.82, 2.24) is 14.7 Å². The van der Waals surface area contributed by atoms with E-state index < -0.39 is 12.3 Å². The SMILES string of the molecule is COCCn1nc(C(=O)N(C)Cc2ccc(OC(F)(F)F)cc2)ccc1=O. The third-order valence-electron chi connectivity index (χ3n) is 3.52. The lowest BCUT2D eigenvalue weighted by molar-refractivity contribution is -0.274. The highest BCUT2D eigenvalue weighted by atomic mass is 19.4. The van der Waals surface area contributed by atoms with E-state index in [9.17, 15) is 22.8 Å². The van der Waals surface area contributed by atoms with E-state index in [0.717, 1.165) is 4.68 Å². The number of alkyl halides is 3. The second-order valence-corrected chi connectivity index (χ2v) is 5.63. The van der Waals surface area contributed by atoms with Gasteiger partial charge in [-0.3, -0.25) is 9.59 Å². The van der Waals surface area contributed by atoms with Crippen LogP contribution in [0.3, 0.4) is 0 Å². The van der Waals surface area contributed by atoms with Crippen molar-refractivity contribution in [2.75, 3.05) is 20.8 Å². The van der Waals surface area contributed by atoms with Crippen molar-refractivity contribution in [2.45, 2.75) is 19.5 Å². The fourth-order valence-corrected chi connectivity index (χ4v) is 2.24. The molecule has 0 spiro atoms. The molecule has 1 aromatic heterocycles. The molecular weight excluding hydrogens is 367 g/mol. The predicted octanol–water partition coefficient (Wildman–Crippen LogP) is 2.06. The molecule has 2 aromatic rings. The molecule has 0 aliphatic rings. The predicted molar refractivity (Wildman–Crippen MR) is 89.3 cm³/mol. The Kier molecular flexibility index (Phi) is 6.56. The Hall–Kier alpha value is -2.88. The number of ether oxygens (including phenoxy) is 2. The van der Waals surface area contributed by atoms with Gasteiger partial charge < -0.3 is 14.4 Å². The second-order valence-electron chi connectivity index (χ2n) is 5.63. The molecule has 0 bridgehead atoms. The van der Waals surface area contributed by atoms with Crippen LogP contribution in [0.2, 0.25) is 0 Å². The maximum Gasteiger partial charge on any atom is 0.573 e. The lowest BCUT2D eigenvalue weighted by Gasteiger charge is -2.17. The first kappa shape index (κ1) is 20.4. The zero-order valence-corrected chi connectivity index (χ0v) is 14.7. The summed E-state index contributed by atoms with van der Waals surface area (Å²) in [6.07, 6.45) is -4.76. The largest absolute Gasteiger partial charge is 0.573 e. The molecule has 0 aliphatic heterocycles. The van der Waals surface area contributed by atoms with Gasteiger partial charge in [-0.2, -0.15) is 5.10 Å². The fourth-order valence-electron chi connectivity index (χ4n) is 2.24. The Labute approximate surface area is 152 Å². The summed E-state index contributed by atoms with van der Waals surface area (Å²) < 4.78 is 46.3. The summed E-state index contributed by atoms with van der Waals surface area (Å²) >= 11 is 0. The average molecular weight is 385 g/mol. The van der Waals surface area contributed by atoms with Crippen LogP contribution >= 0.6 is 0 Å². The Morgan fingerprint density at radius 2 is 1.85 bits per heavy atom. The summed E-state index contributed by atoms with van der Waals surface area (Å²) in [5.74, 6) is -0.774. The highest BCUT2D eigenvalue weighted by Gasteiger charge is 2.31. The fraction of sp³-hybridized carbons (Fsp3) is 0.353. The van der Waals surface area contributed by atoms with Gasteiger partial charge in [0.25, 0.3) is 11.5 Å². The molecule has 27 heavy (non-hydrogen) atoms. The molecule has 1 aromatic carbocycles. The molecule has 146 valence electrons. The highest BCUT2D eigenvalue weighted by molar-refractivity contribution is 5.91. The number of methoxy groups -OCH3 is 1. The number of carbonyl (C=O) groups excluding carboxylic acids is 1. The van der Waals surface area contributed by atoms with Crippen LogP contribution in [0.1, 0.15) is 16.1 Å². The summed E-state index contributed by atoms with van der Waals surface area (Å²) in [6, 6.07) is 7.77. The zero-order chi connectivity index (χ0) is 20.0. The Balaban J connectivity index is 2.06. The molecule has 0 saturated heterocycles. The number of aromatic nitrogens is 2. The van der Waals surface area contributed by atoms with Gasteiger partial charge in [0.05, 0.1) is 13.2 Å². The van der Waals surface area contributed by atoms with E-state index >= 15 is 0 Å². The van der Waals surface area contributed by atoms with Gasteiger partial charge in [-0.25, -0.2) is 4.68 Å². The first-order valence-corrected chi connectivity index (χ1v) is 7.87. The van der Waals surface area contributed by atoms with E-state index in [2.05, 4.69) is 9.84 Å². The number of rotatable bonds is 7. The smallest absolute Gasteiger partial charge is 0.406 e. The van der Waals surface area contributed by atoms with Crippen LogP contribution in [0.15, 0.2) is 41.2 Å². The number of nitrogens with zero attached hydrogens (tertiary/aromatic N) is 3. The number of halogens is 3. The molecule has 1 amide bonds. The maximum absolute atomic E-state index is 12.5. The summed E-state index contributed by atoms with van der Waals surface area (Å²) in [5, 5.41) is 4.01. The molecule has 2 rings (SSSR count). The van der Waals surface area contributed by atoms with Crippen LogP contribution in [0.25, 0.3) is 0 Å². The number of amides is 1. The van der Waals surface area contributed by atoms with Gasteiger partial charge in [-0.15, -0.1) is 13.2 Å². The molecule has 0 N–H and O–H groups in total. The average Bonchev–Trinajstić information content (AvgIpc) is 2.61. The summed E-state index contributed by atoms with van der Waals surface area (Å²) in [6.45, 7) is 0.623. The van der Waals surface area contributed by atoms with E-state index in [-0.39, 0.29) is 36.7 Å². The van der Waals surface area contributed by atoms with Crippen LogP contribution in [-0.2, 0) is 17.8 Å². The third-order valence-corrected chi connectivity index (χ3v) is 3.52. The minimum absolute atomic E-state index is 0.0743. The number of hydrogen-bond acceptors (Lipinski definition) is 5. The van der Waals surface area contributed by atoms with Crippen LogP contribution < -0.4 is 10.3 Å². The van der Waals surface area contributed by atoms with Crippen molar-refractivity contribution >= 4 is 5.91 Å². The van der Waals surface area contributed by atoms with Gasteiger partial charge >= 0.3 is 6.36 Å². The molecule has 7 nitrogen and oxygen atoms in total. The van der Waals surface area contributed by atoms with Crippen LogP contribution in [-0.4, -0.2) is 47.7 Å². The summed E-state index contributed by atoms with van der Waals surface area (Å²) in [5.41, 5.74) is 0.324. The molecule has 0 radical (unpaired) electrons. The van der Waals surface area contributed by atoms with Gasteiger partial charge in [0.1, 0.15) is 11.4 Å². The van der Waals surface area contributed by atoms with Crippen LogP contribution in [0.4, 0.5) is 13.2 Å². The minimum atomic E-state index is -4.76. The van der Waals surface area contributed by atoms with E-state index in [1.165, 1.54) is 55.5 Å². The van der Waals surface area contributed by atoms with E-state index in [1.807, 2.05) is 0 Å². The number of benzene rings is 1. The van der Waals surface area contributed by atoms with E-state index in [0.29, 0.717) is 5.56 Å². The molecule has 0 atom stereocenters. The zero-order valence-electron chi connectivity index (χ0n) is 14.7. The molecule has 0 fully saturated rings. The summed E-state index contributed by atoms with van der Waals surface area (Å²) in [4.78, 5) is 25.5. The van der Waals surface area contributed by atoms with Gasteiger partial charge in [0.15, 0.2) is 0 Å². The van der Waals surface area contributed by atoms with Crippen molar-refractivity contribution in [3.05, 3.63) is 58.0 Å². The first-order valence-electron chi connectivity index (χ1n) is 7.87. The minimum Gasteiger partial charge on any atom is -0.406 e. The normalized spacial score (nSPS) is 11.3. The Morgan fingerprint density at radius 3 is 2.44 bits per heavy atom. The standard InChI is InChI=1S/C17H18F3N3O4/c1-22(11-12-3-5-13(6-4-12)27-17(18,19)20)16(25)14-7-8-15(24)23(21-14)9-10-26-2/h3-8H,9-11H2,1-2H3. The van der Waals surface area contributed by atoms with Crippen molar-refractivity contribution in [3.8, 4) is 5.75 Å². The Bertz CT molecular complexity index is 835. The van der Waals surface area contributed by atoms with Gasteiger partial charge in [0, 0.05) is 26.8 Å². The van der Waals surface area contributed by atoms with E-state index in [4.69, 9.17) is 4.74 Å². The van der Waals surface area contributed by atoms with Gasteiger partial charge in [0.2, 0.25) is 0 Å². The van der Waals surface area contributed by atoms with Crippen molar-refractivity contribution < 1.29 is 27.4 Å². The van der Waals surface area contributed by atoms with Crippen molar-refractivity contribution in [1.29, 1.82) is 0 Å². The third kappa shape index (κ3) is 6.10. The van der Waals surface area contributed by atoms with E-state index in [1.54, 1.807) is 0 Å². The second kappa shape index (κ2) is 8.67. The van der Waals surface area contributed by atoms with Crippen molar-refractivity contribution in [2.24, 2.45) is 0 Å². The maximum atomic E-state index is 12.5. The molecule has 10 heteroatoms. The lowest BCUT2D eigenvalue weighted by atomic mass is 10.2. The molecule has 0 saturated carbocycles. The number of carbonyl (C=O) groups is 1. The van der Waals surface area contributed by atoms with Crippen LogP contribution in [0.5, 0.6) is 5.75 Å². The molecule has 0 unspecified atom stereocenters. The topological polar surface area (TPSA) is 73.7 Å². The van der Waals surface area contributed by atoms with Gasteiger partial charge in [-0.1, -0.05) is 12.1 Å². The molecular formula is C17H18F3N3O4. The molecule has 1 heterocycles. The van der Waals surface area contributed by atoms with Gasteiger partial charge in [-0.05, 0) is 23.8 Å². The quantitative estimate of drug-likeness (QED) is 0.730. The summed E-state index contributed by atoms with van der Waals surface area (Å²) in [7, 11) is 3.01. The lowest BCUT2D eigenvalue weighted by Crippen LogP contribution is -2.31. The highest BCUT2D eigenvalue weighted by Crippen LogP contribution is 2.23. The Morgan fingerprint density at radius 1 is 1.19 bits per heavy atom.